The fourth-order valence-corrected chi connectivity index (χ4v) is 2.77. The standard InChI is InChI=1S/C22H29N3O3/c1-4-17-10-12-19(13-11-17)20(25(2)3)14-23-21(26)15-24-22(27)28-16-18-8-6-5-7-9-18/h5-13,20H,4,14-16H2,1-3H3,(H,23,26)(H,24,27). The monoisotopic (exact) mass is 383 g/mol. The fraction of sp³-hybridized carbons (Fsp3) is 0.364. The van der Waals surface area contributed by atoms with Gasteiger partial charge < -0.3 is 20.3 Å². The summed E-state index contributed by atoms with van der Waals surface area (Å²) in [5, 5.41) is 5.34. The van der Waals surface area contributed by atoms with Gasteiger partial charge in [0.25, 0.3) is 0 Å². The maximum atomic E-state index is 12.1. The van der Waals surface area contributed by atoms with Crippen molar-refractivity contribution in [2.24, 2.45) is 0 Å². The minimum Gasteiger partial charge on any atom is -0.445 e. The average molecular weight is 383 g/mol. The van der Waals surface area contributed by atoms with Gasteiger partial charge in [0, 0.05) is 6.54 Å². The number of nitrogens with one attached hydrogen (secondary N) is 2. The Labute approximate surface area is 166 Å². The van der Waals surface area contributed by atoms with E-state index in [9.17, 15) is 9.59 Å². The van der Waals surface area contributed by atoms with E-state index in [4.69, 9.17) is 4.74 Å². The number of hydrogen-bond donors (Lipinski definition) is 2. The second-order valence-corrected chi connectivity index (χ2v) is 6.79. The van der Waals surface area contributed by atoms with Crippen molar-refractivity contribution in [3.05, 3.63) is 71.3 Å². The maximum absolute atomic E-state index is 12.1. The third-order valence-electron chi connectivity index (χ3n) is 4.49. The molecular formula is C22H29N3O3. The first kappa shape index (κ1) is 21.4. The van der Waals surface area contributed by atoms with Crippen LogP contribution in [-0.2, 0) is 22.6 Å². The first-order chi connectivity index (χ1) is 13.5. The summed E-state index contributed by atoms with van der Waals surface area (Å²) in [4.78, 5) is 25.9. The molecule has 2 aromatic rings. The minimum absolute atomic E-state index is 0.0555. The van der Waals surface area contributed by atoms with E-state index >= 15 is 0 Å². The van der Waals surface area contributed by atoms with Gasteiger partial charge in [-0.2, -0.15) is 0 Å². The molecule has 0 fully saturated rings. The highest BCUT2D eigenvalue weighted by atomic mass is 16.5. The van der Waals surface area contributed by atoms with Gasteiger partial charge in [-0.15, -0.1) is 0 Å². The van der Waals surface area contributed by atoms with E-state index in [0.29, 0.717) is 6.54 Å². The summed E-state index contributed by atoms with van der Waals surface area (Å²) < 4.78 is 5.10. The van der Waals surface area contributed by atoms with Gasteiger partial charge in [0.1, 0.15) is 6.61 Å². The number of ether oxygens (including phenoxy) is 1. The number of alkyl carbamates (subject to hydrolysis) is 1. The lowest BCUT2D eigenvalue weighted by Gasteiger charge is -2.25. The van der Waals surface area contributed by atoms with Crippen LogP contribution in [0.1, 0.15) is 29.7 Å². The summed E-state index contributed by atoms with van der Waals surface area (Å²) in [6.07, 6.45) is 0.383. The first-order valence-electron chi connectivity index (χ1n) is 9.46. The van der Waals surface area contributed by atoms with E-state index in [1.165, 1.54) is 5.56 Å². The van der Waals surface area contributed by atoms with Crippen LogP contribution in [0.5, 0.6) is 0 Å². The second kappa shape index (κ2) is 11.1. The van der Waals surface area contributed by atoms with Crippen LogP contribution in [0.2, 0.25) is 0 Å². The largest absolute Gasteiger partial charge is 0.445 e. The van der Waals surface area contributed by atoms with Crippen LogP contribution in [-0.4, -0.2) is 44.1 Å². The minimum atomic E-state index is -0.613. The number of rotatable bonds is 9. The Bertz CT molecular complexity index is 745. The van der Waals surface area contributed by atoms with Crippen LogP contribution < -0.4 is 10.6 Å². The van der Waals surface area contributed by atoms with Crippen molar-refractivity contribution in [3.63, 3.8) is 0 Å². The third kappa shape index (κ3) is 7.04. The highest BCUT2D eigenvalue weighted by molar-refractivity contribution is 5.82. The number of nitrogens with zero attached hydrogens (tertiary/aromatic N) is 1. The molecule has 0 aliphatic carbocycles. The lowest BCUT2D eigenvalue weighted by atomic mass is 10.0. The van der Waals surface area contributed by atoms with Crippen molar-refractivity contribution in [3.8, 4) is 0 Å². The second-order valence-electron chi connectivity index (χ2n) is 6.79. The van der Waals surface area contributed by atoms with E-state index in [0.717, 1.165) is 17.5 Å². The molecule has 0 heterocycles. The van der Waals surface area contributed by atoms with Gasteiger partial charge in [-0.05, 0) is 37.2 Å². The topological polar surface area (TPSA) is 70.7 Å². The van der Waals surface area contributed by atoms with Gasteiger partial charge in [-0.3, -0.25) is 4.79 Å². The van der Waals surface area contributed by atoms with Crippen molar-refractivity contribution in [2.45, 2.75) is 26.0 Å². The van der Waals surface area contributed by atoms with E-state index in [-0.39, 0.29) is 25.1 Å². The first-order valence-corrected chi connectivity index (χ1v) is 9.46. The molecular weight excluding hydrogens is 354 g/mol. The molecule has 0 aliphatic rings. The molecule has 0 aromatic heterocycles. The SMILES string of the molecule is CCc1ccc(C(CNC(=O)CNC(=O)OCc2ccccc2)N(C)C)cc1. The van der Waals surface area contributed by atoms with Gasteiger partial charge in [0.2, 0.25) is 5.91 Å². The van der Waals surface area contributed by atoms with Crippen LogP contribution in [0.25, 0.3) is 0 Å². The van der Waals surface area contributed by atoms with E-state index in [1.54, 1.807) is 0 Å². The molecule has 1 unspecified atom stereocenters. The van der Waals surface area contributed by atoms with Gasteiger partial charge in [-0.1, -0.05) is 61.5 Å². The summed E-state index contributed by atoms with van der Waals surface area (Å²) in [5.41, 5.74) is 3.31. The molecule has 1 atom stereocenters. The third-order valence-corrected chi connectivity index (χ3v) is 4.49. The van der Waals surface area contributed by atoms with Crippen molar-refractivity contribution in [1.82, 2.24) is 15.5 Å². The molecule has 0 saturated carbocycles. The number of benzene rings is 2. The highest BCUT2D eigenvalue weighted by Crippen LogP contribution is 2.18. The Morgan fingerprint density at radius 3 is 2.25 bits per heavy atom. The Balaban J connectivity index is 1.75. The van der Waals surface area contributed by atoms with Crippen LogP contribution in [0, 0.1) is 0 Å². The summed E-state index contributed by atoms with van der Waals surface area (Å²) in [6.45, 7) is 2.63. The van der Waals surface area contributed by atoms with Crippen molar-refractivity contribution < 1.29 is 14.3 Å². The smallest absolute Gasteiger partial charge is 0.407 e. The molecule has 6 heteroatoms. The van der Waals surface area contributed by atoms with Crippen LogP contribution in [0.3, 0.4) is 0 Å². The Morgan fingerprint density at radius 2 is 1.64 bits per heavy atom. The molecule has 0 radical (unpaired) electrons. The van der Waals surface area contributed by atoms with E-state index in [2.05, 4.69) is 46.7 Å². The average Bonchev–Trinajstić information content (AvgIpc) is 2.72. The van der Waals surface area contributed by atoms with Crippen LogP contribution >= 0.6 is 0 Å². The summed E-state index contributed by atoms with van der Waals surface area (Å²) in [6, 6.07) is 17.8. The number of carbonyl (C=O) groups is 2. The van der Waals surface area contributed by atoms with Crippen molar-refractivity contribution in [2.75, 3.05) is 27.2 Å². The number of likely N-dealkylation sites (N-methyl/N-ethyl adjacent to an activating group) is 1. The van der Waals surface area contributed by atoms with Gasteiger partial charge in [0.15, 0.2) is 0 Å². The zero-order valence-electron chi connectivity index (χ0n) is 16.8. The molecule has 2 amide bonds. The normalized spacial score (nSPS) is 11.7. The van der Waals surface area contributed by atoms with E-state index in [1.807, 2.05) is 44.4 Å². The Kier molecular flexibility index (Phi) is 8.49. The number of aryl methyl sites for hydroxylation is 1. The number of carbonyl (C=O) groups excluding carboxylic acids is 2. The molecule has 0 bridgehead atoms. The summed E-state index contributed by atoms with van der Waals surface area (Å²) >= 11 is 0. The molecule has 0 aliphatic heterocycles. The van der Waals surface area contributed by atoms with Gasteiger partial charge in [0.05, 0.1) is 12.6 Å². The molecule has 0 spiro atoms. The zero-order valence-corrected chi connectivity index (χ0v) is 16.8. The molecule has 6 nitrogen and oxygen atoms in total. The van der Waals surface area contributed by atoms with Gasteiger partial charge in [-0.25, -0.2) is 4.79 Å². The summed E-state index contributed by atoms with van der Waals surface area (Å²) in [7, 11) is 3.95. The van der Waals surface area contributed by atoms with Crippen LogP contribution in [0.4, 0.5) is 4.79 Å². The fourth-order valence-electron chi connectivity index (χ4n) is 2.77. The predicted molar refractivity (Wildman–Crippen MR) is 110 cm³/mol. The highest BCUT2D eigenvalue weighted by Gasteiger charge is 2.15. The quantitative estimate of drug-likeness (QED) is 0.699. The molecule has 2 N–H and O–H groups in total. The number of hydrogen-bond acceptors (Lipinski definition) is 4. The van der Waals surface area contributed by atoms with Crippen LogP contribution in [0.15, 0.2) is 54.6 Å². The Morgan fingerprint density at radius 1 is 0.964 bits per heavy atom. The Hall–Kier alpha value is -2.86. The summed E-state index contributed by atoms with van der Waals surface area (Å²) in [5.74, 6) is -0.256. The molecule has 150 valence electrons. The van der Waals surface area contributed by atoms with Crippen molar-refractivity contribution >= 4 is 12.0 Å². The lowest BCUT2D eigenvalue weighted by Crippen LogP contribution is -2.40. The molecule has 28 heavy (non-hydrogen) atoms. The molecule has 2 aromatic carbocycles. The van der Waals surface area contributed by atoms with Gasteiger partial charge >= 0.3 is 6.09 Å². The molecule has 0 saturated heterocycles. The zero-order chi connectivity index (χ0) is 20.4. The van der Waals surface area contributed by atoms with Crippen molar-refractivity contribution in [1.29, 1.82) is 0 Å². The maximum Gasteiger partial charge on any atom is 0.407 e. The lowest BCUT2D eigenvalue weighted by molar-refractivity contribution is -0.120. The number of amides is 2. The molecule has 2 rings (SSSR count). The predicted octanol–water partition coefficient (Wildman–Crippen LogP) is 2.89. The van der Waals surface area contributed by atoms with E-state index < -0.39 is 6.09 Å².